The highest BCUT2D eigenvalue weighted by Crippen LogP contribution is 2.33. The molecule has 0 saturated carbocycles. The first-order valence-electron chi connectivity index (χ1n) is 4.76. The molecule has 1 aromatic heterocycles. The Bertz CT molecular complexity index is 476. The molecule has 3 heteroatoms. The lowest BCUT2D eigenvalue weighted by Gasteiger charge is -1.99. The van der Waals surface area contributed by atoms with Gasteiger partial charge in [-0.05, 0) is 36.2 Å². The highest BCUT2D eigenvalue weighted by molar-refractivity contribution is 7.15. The van der Waals surface area contributed by atoms with E-state index in [1.807, 2.05) is 18.2 Å². The van der Waals surface area contributed by atoms with Gasteiger partial charge in [0.15, 0.2) is 0 Å². The van der Waals surface area contributed by atoms with Gasteiger partial charge in [-0.3, -0.25) is 0 Å². The minimum absolute atomic E-state index is 0.603. The molecule has 15 heavy (non-hydrogen) atoms. The third-order valence-corrected chi connectivity index (χ3v) is 3.80. The van der Waals surface area contributed by atoms with Crippen LogP contribution in [0.4, 0.5) is 0 Å². The van der Waals surface area contributed by atoms with Crippen LogP contribution >= 0.6 is 22.9 Å². The summed E-state index contributed by atoms with van der Waals surface area (Å²) in [4.78, 5) is 2.47. The molecule has 0 amide bonds. The Labute approximate surface area is 98.5 Å². The molecular weight excluding hydrogens is 226 g/mol. The van der Waals surface area contributed by atoms with Gasteiger partial charge >= 0.3 is 0 Å². The van der Waals surface area contributed by atoms with Gasteiger partial charge in [-0.2, -0.15) is 0 Å². The van der Waals surface area contributed by atoms with Gasteiger partial charge in [0.05, 0.1) is 0 Å². The molecule has 0 atom stereocenters. The van der Waals surface area contributed by atoms with E-state index in [1.54, 1.807) is 11.3 Å². The van der Waals surface area contributed by atoms with Crippen molar-refractivity contribution < 1.29 is 0 Å². The van der Waals surface area contributed by atoms with Crippen LogP contribution in [0.25, 0.3) is 10.4 Å². The van der Waals surface area contributed by atoms with E-state index in [2.05, 4.69) is 19.1 Å². The van der Waals surface area contributed by atoms with Gasteiger partial charge in [-0.1, -0.05) is 23.7 Å². The average Bonchev–Trinajstić information content (AvgIpc) is 2.60. The molecule has 78 valence electrons. The number of nitrogens with two attached hydrogens (primary N) is 1. The SMILES string of the molecule is Cc1cc(CN)sc1-c1cccc(Cl)c1. The number of hydrogen-bond donors (Lipinski definition) is 1. The van der Waals surface area contributed by atoms with Crippen LogP contribution in [0.3, 0.4) is 0 Å². The van der Waals surface area contributed by atoms with Crippen LogP contribution in [-0.2, 0) is 6.54 Å². The van der Waals surface area contributed by atoms with Crippen molar-refractivity contribution in [1.82, 2.24) is 0 Å². The Morgan fingerprint density at radius 1 is 1.33 bits per heavy atom. The summed E-state index contributed by atoms with van der Waals surface area (Å²) in [5.41, 5.74) is 8.06. The van der Waals surface area contributed by atoms with E-state index >= 15 is 0 Å². The Balaban J connectivity index is 2.48. The van der Waals surface area contributed by atoms with E-state index in [0.717, 1.165) is 5.02 Å². The minimum Gasteiger partial charge on any atom is -0.326 e. The maximum Gasteiger partial charge on any atom is 0.0412 e. The number of rotatable bonds is 2. The van der Waals surface area contributed by atoms with Gasteiger partial charge in [0, 0.05) is 21.3 Å². The number of hydrogen-bond acceptors (Lipinski definition) is 2. The molecule has 0 aliphatic heterocycles. The van der Waals surface area contributed by atoms with E-state index in [-0.39, 0.29) is 0 Å². The van der Waals surface area contributed by atoms with E-state index in [9.17, 15) is 0 Å². The maximum absolute atomic E-state index is 5.97. The Morgan fingerprint density at radius 2 is 2.13 bits per heavy atom. The maximum atomic E-state index is 5.97. The Hall–Kier alpha value is -0.830. The van der Waals surface area contributed by atoms with Crippen molar-refractivity contribution in [2.45, 2.75) is 13.5 Å². The lowest BCUT2D eigenvalue weighted by molar-refractivity contribution is 1.10. The molecule has 0 fully saturated rings. The van der Waals surface area contributed by atoms with Crippen molar-refractivity contribution in [2.75, 3.05) is 0 Å². The molecule has 0 aliphatic carbocycles. The molecule has 1 aromatic carbocycles. The zero-order valence-corrected chi connectivity index (χ0v) is 10.0. The van der Waals surface area contributed by atoms with Gasteiger partial charge in [-0.15, -0.1) is 11.3 Å². The molecule has 0 saturated heterocycles. The molecule has 2 rings (SSSR count). The Kier molecular flexibility index (Phi) is 3.10. The van der Waals surface area contributed by atoms with Crippen LogP contribution < -0.4 is 5.73 Å². The van der Waals surface area contributed by atoms with Crippen LogP contribution in [0.2, 0.25) is 5.02 Å². The first kappa shape index (κ1) is 10.7. The first-order chi connectivity index (χ1) is 7.20. The van der Waals surface area contributed by atoms with Gasteiger partial charge in [0.2, 0.25) is 0 Å². The second-order valence-corrected chi connectivity index (χ2v) is 5.01. The normalized spacial score (nSPS) is 10.6. The lowest BCUT2D eigenvalue weighted by Crippen LogP contribution is -1.91. The molecule has 2 aromatic rings. The summed E-state index contributed by atoms with van der Waals surface area (Å²) in [7, 11) is 0. The molecule has 0 aliphatic rings. The molecule has 2 N–H and O–H groups in total. The van der Waals surface area contributed by atoms with E-state index in [0.29, 0.717) is 6.54 Å². The molecule has 0 spiro atoms. The number of halogens is 1. The number of thiophene rings is 1. The largest absolute Gasteiger partial charge is 0.326 e. The van der Waals surface area contributed by atoms with Crippen molar-refractivity contribution in [2.24, 2.45) is 5.73 Å². The lowest BCUT2D eigenvalue weighted by atomic mass is 10.1. The quantitative estimate of drug-likeness (QED) is 0.844. The summed E-state index contributed by atoms with van der Waals surface area (Å²) in [5, 5.41) is 0.773. The number of benzene rings is 1. The van der Waals surface area contributed by atoms with Crippen molar-refractivity contribution in [3.8, 4) is 10.4 Å². The van der Waals surface area contributed by atoms with E-state index < -0.39 is 0 Å². The predicted octanol–water partition coefficient (Wildman–Crippen LogP) is 3.84. The van der Waals surface area contributed by atoms with Crippen LogP contribution in [0.1, 0.15) is 10.4 Å². The van der Waals surface area contributed by atoms with Crippen LogP contribution in [0.5, 0.6) is 0 Å². The summed E-state index contributed by atoms with van der Waals surface area (Å²) in [6.07, 6.45) is 0. The summed E-state index contributed by atoms with van der Waals surface area (Å²) >= 11 is 7.71. The Morgan fingerprint density at radius 3 is 2.73 bits per heavy atom. The summed E-state index contributed by atoms with van der Waals surface area (Å²) in [6.45, 7) is 2.71. The molecule has 1 nitrogen and oxygen atoms in total. The highest BCUT2D eigenvalue weighted by atomic mass is 35.5. The molecule has 0 bridgehead atoms. The molecule has 0 unspecified atom stereocenters. The van der Waals surface area contributed by atoms with Gasteiger partial charge in [-0.25, -0.2) is 0 Å². The fourth-order valence-electron chi connectivity index (χ4n) is 1.56. The smallest absolute Gasteiger partial charge is 0.0412 e. The summed E-state index contributed by atoms with van der Waals surface area (Å²) in [6, 6.07) is 10.1. The second-order valence-electron chi connectivity index (χ2n) is 3.44. The van der Waals surface area contributed by atoms with Crippen LogP contribution in [0, 0.1) is 6.92 Å². The number of aryl methyl sites for hydroxylation is 1. The zero-order valence-electron chi connectivity index (χ0n) is 8.46. The molecular formula is C12H12ClNS. The van der Waals surface area contributed by atoms with Crippen molar-refractivity contribution in [1.29, 1.82) is 0 Å². The predicted molar refractivity (Wildman–Crippen MR) is 67.4 cm³/mol. The van der Waals surface area contributed by atoms with E-state index in [4.69, 9.17) is 17.3 Å². The minimum atomic E-state index is 0.603. The standard InChI is InChI=1S/C12H12ClNS/c1-8-5-11(7-14)15-12(8)9-3-2-4-10(13)6-9/h2-6H,7,14H2,1H3. The van der Waals surface area contributed by atoms with Gasteiger partial charge in [0.1, 0.15) is 0 Å². The monoisotopic (exact) mass is 237 g/mol. The van der Waals surface area contributed by atoms with Crippen molar-refractivity contribution in [3.05, 3.63) is 45.8 Å². The zero-order chi connectivity index (χ0) is 10.8. The van der Waals surface area contributed by atoms with Crippen molar-refractivity contribution >= 4 is 22.9 Å². The molecule has 1 heterocycles. The topological polar surface area (TPSA) is 26.0 Å². The van der Waals surface area contributed by atoms with Crippen LogP contribution in [-0.4, -0.2) is 0 Å². The molecule has 0 radical (unpaired) electrons. The third kappa shape index (κ3) is 2.23. The van der Waals surface area contributed by atoms with Gasteiger partial charge in [0.25, 0.3) is 0 Å². The summed E-state index contributed by atoms with van der Waals surface area (Å²) in [5.74, 6) is 0. The summed E-state index contributed by atoms with van der Waals surface area (Å²) < 4.78 is 0. The van der Waals surface area contributed by atoms with E-state index in [1.165, 1.54) is 20.9 Å². The third-order valence-electron chi connectivity index (χ3n) is 2.26. The second kappa shape index (κ2) is 4.35. The fraction of sp³-hybridized carbons (Fsp3) is 0.167. The highest BCUT2D eigenvalue weighted by Gasteiger charge is 2.07. The van der Waals surface area contributed by atoms with Crippen LogP contribution in [0.15, 0.2) is 30.3 Å². The average molecular weight is 238 g/mol. The first-order valence-corrected chi connectivity index (χ1v) is 5.95. The van der Waals surface area contributed by atoms with Gasteiger partial charge < -0.3 is 5.73 Å². The van der Waals surface area contributed by atoms with Crippen molar-refractivity contribution in [3.63, 3.8) is 0 Å². The fourth-order valence-corrected chi connectivity index (χ4v) is 2.80.